The number of hydrogen-bond acceptors (Lipinski definition) is 4. The van der Waals surface area contributed by atoms with Crippen LogP contribution in [0.5, 0.6) is 0 Å². The Balaban J connectivity index is 2.92. The fourth-order valence-corrected chi connectivity index (χ4v) is 2.09. The van der Waals surface area contributed by atoms with Crippen LogP contribution in [0.4, 0.5) is 0 Å². The van der Waals surface area contributed by atoms with E-state index in [2.05, 4.69) is 12.1 Å². The summed E-state index contributed by atoms with van der Waals surface area (Å²) in [7, 11) is 0. The molecule has 1 saturated carbocycles. The zero-order valence-corrected chi connectivity index (χ0v) is 11.3. The number of rotatable bonds is 5. The molecule has 0 aromatic heterocycles. The van der Waals surface area contributed by atoms with Crippen molar-refractivity contribution in [1.82, 2.24) is 5.48 Å². The quantitative estimate of drug-likeness (QED) is 0.268. The van der Waals surface area contributed by atoms with Gasteiger partial charge in [-0.25, -0.2) is 0 Å². The second kappa shape index (κ2) is 5.96. The molecule has 0 saturated heterocycles. The van der Waals surface area contributed by atoms with E-state index < -0.39 is 0 Å². The van der Waals surface area contributed by atoms with Gasteiger partial charge in [0.15, 0.2) is 11.6 Å². The van der Waals surface area contributed by atoms with E-state index in [1.807, 2.05) is 20.8 Å². The van der Waals surface area contributed by atoms with Crippen LogP contribution in [0.15, 0.2) is 23.9 Å². The highest BCUT2D eigenvalue weighted by atomic mass is 16.6. The summed E-state index contributed by atoms with van der Waals surface area (Å²) in [6, 6.07) is 0. The molecule has 0 unspecified atom stereocenters. The number of carbonyl (C=O) groups is 2. The predicted molar refractivity (Wildman–Crippen MR) is 69.6 cm³/mol. The third-order valence-corrected chi connectivity index (χ3v) is 2.89. The van der Waals surface area contributed by atoms with Gasteiger partial charge in [0.1, 0.15) is 0 Å². The van der Waals surface area contributed by atoms with Gasteiger partial charge in [-0.1, -0.05) is 26.8 Å². The van der Waals surface area contributed by atoms with E-state index in [1.165, 1.54) is 0 Å². The molecule has 0 aromatic carbocycles. The minimum atomic E-state index is -0.238. The van der Waals surface area contributed by atoms with Gasteiger partial charge in [0.25, 0.3) is 0 Å². The predicted octanol–water partition coefficient (Wildman–Crippen LogP) is 2.32. The summed E-state index contributed by atoms with van der Waals surface area (Å²) in [6.07, 6.45) is 2.96. The van der Waals surface area contributed by atoms with Gasteiger partial charge in [-0.05, 0) is 11.8 Å². The Kier molecular flexibility index (Phi) is 4.84. The summed E-state index contributed by atoms with van der Waals surface area (Å²) in [5.41, 5.74) is 3.31. The second-order valence-electron chi connectivity index (χ2n) is 5.27. The molecule has 0 atom stereocenters. The maximum atomic E-state index is 12.1. The molecule has 0 aromatic rings. The number of nitrogens with one attached hydrogen (secondary N) is 1. The van der Waals surface area contributed by atoms with Gasteiger partial charge >= 0.3 is 0 Å². The molecule has 1 aliphatic carbocycles. The molecule has 18 heavy (non-hydrogen) atoms. The van der Waals surface area contributed by atoms with Gasteiger partial charge in [0.05, 0.1) is 17.9 Å². The molecular formula is C14H21NO3. The highest BCUT2D eigenvalue weighted by Crippen LogP contribution is 2.34. The van der Waals surface area contributed by atoms with Crippen LogP contribution in [-0.4, -0.2) is 18.2 Å². The lowest BCUT2D eigenvalue weighted by Crippen LogP contribution is -2.34. The van der Waals surface area contributed by atoms with Crippen LogP contribution >= 0.6 is 0 Å². The lowest BCUT2D eigenvalue weighted by atomic mass is 9.73. The maximum Gasteiger partial charge on any atom is 0.168 e. The fraction of sp³-hybridized carbons (Fsp3) is 0.571. The van der Waals surface area contributed by atoms with Crippen LogP contribution in [0.3, 0.4) is 0 Å². The van der Waals surface area contributed by atoms with E-state index >= 15 is 0 Å². The monoisotopic (exact) mass is 251 g/mol. The Morgan fingerprint density at radius 3 is 2.39 bits per heavy atom. The summed E-state index contributed by atoms with van der Waals surface area (Å²) in [6.45, 7) is 9.61. The van der Waals surface area contributed by atoms with Crippen molar-refractivity contribution in [1.29, 1.82) is 0 Å². The van der Waals surface area contributed by atoms with Crippen LogP contribution in [-0.2, 0) is 14.4 Å². The van der Waals surface area contributed by atoms with Crippen molar-refractivity contribution in [3.05, 3.63) is 23.9 Å². The first-order valence-electron chi connectivity index (χ1n) is 6.19. The maximum absolute atomic E-state index is 12.1. The third kappa shape index (κ3) is 3.53. The molecule has 1 rings (SSSR count). The minimum Gasteiger partial charge on any atom is -0.294 e. The number of allylic oxidation sites excluding steroid dienone is 2. The van der Waals surface area contributed by atoms with Gasteiger partial charge in [-0.3, -0.25) is 19.9 Å². The van der Waals surface area contributed by atoms with E-state index in [4.69, 9.17) is 4.84 Å². The Bertz CT molecular complexity index is 372. The molecule has 1 fully saturated rings. The summed E-state index contributed by atoms with van der Waals surface area (Å²) >= 11 is 0. The number of hydrogen-bond donors (Lipinski definition) is 1. The van der Waals surface area contributed by atoms with Crippen LogP contribution in [0.2, 0.25) is 0 Å². The summed E-state index contributed by atoms with van der Waals surface area (Å²) < 4.78 is 0. The first kappa shape index (κ1) is 14.6. The Hall–Kier alpha value is -1.42. The van der Waals surface area contributed by atoms with Gasteiger partial charge in [-0.2, -0.15) is 0 Å². The minimum absolute atomic E-state index is 0.0946. The van der Waals surface area contributed by atoms with Crippen molar-refractivity contribution >= 4 is 11.6 Å². The first-order chi connectivity index (χ1) is 8.41. The van der Waals surface area contributed by atoms with E-state index in [0.29, 0.717) is 31.6 Å². The van der Waals surface area contributed by atoms with Crippen molar-refractivity contribution in [2.24, 2.45) is 5.41 Å². The average molecular weight is 251 g/mol. The molecule has 0 heterocycles. The van der Waals surface area contributed by atoms with Crippen molar-refractivity contribution in [2.45, 2.75) is 40.0 Å². The highest BCUT2D eigenvalue weighted by molar-refractivity contribution is 6.22. The molecule has 0 spiro atoms. The fourth-order valence-electron chi connectivity index (χ4n) is 2.09. The molecule has 0 amide bonds. The summed E-state index contributed by atoms with van der Waals surface area (Å²) in [4.78, 5) is 29.2. The Morgan fingerprint density at radius 1 is 1.39 bits per heavy atom. The van der Waals surface area contributed by atoms with Crippen LogP contribution < -0.4 is 5.48 Å². The average Bonchev–Trinajstić information content (AvgIpc) is 2.24. The van der Waals surface area contributed by atoms with Crippen molar-refractivity contribution in [3.8, 4) is 0 Å². The number of Topliss-reactive ketones (excluding diaryl/α,β-unsaturated/α-hetero) is 2. The zero-order chi connectivity index (χ0) is 13.8. The molecule has 4 heteroatoms. The summed E-state index contributed by atoms with van der Waals surface area (Å²) in [5.74, 6) is -0.189. The van der Waals surface area contributed by atoms with Gasteiger partial charge in [0.2, 0.25) is 0 Å². The van der Waals surface area contributed by atoms with Gasteiger partial charge < -0.3 is 0 Å². The Morgan fingerprint density at radius 2 is 1.94 bits per heavy atom. The molecule has 4 nitrogen and oxygen atoms in total. The summed E-state index contributed by atoms with van der Waals surface area (Å²) in [5, 5.41) is 0. The van der Waals surface area contributed by atoms with Gasteiger partial charge in [-0.15, -0.1) is 6.58 Å². The Labute approximate surface area is 108 Å². The van der Waals surface area contributed by atoms with E-state index in [-0.39, 0.29) is 22.6 Å². The third-order valence-electron chi connectivity index (χ3n) is 2.89. The second-order valence-corrected chi connectivity index (χ2v) is 5.27. The molecule has 0 radical (unpaired) electrons. The standard InChI is InChI=1S/C14H21NO3/c1-5-7-18-15-10(6-2)13-11(16)8-14(3,4)9-12(13)17/h5,15H,1,6-9H2,2-4H3. The largest absolute Gasteiger partial charge is 0.294 e. The number of hydroxylamine groups is 1. The zero-order valence-electron chi connectivity index (χ0n) is 11.3. The van der Waals surface area contributed by atoms with Crippen molar-refractivity contribution in [2.75, 3.05) is 6.61 Å². The van der Waals surface area contributed by atoms with Crippen LogP contribution in [0.25, 0.3) is 0 Å². The number of carbonyl (C=O) groups excluding carboxylic acids is 2. The lowest BCUT2D eigenvalue weighted by Gasteiger charge is -2.29. The van der Waals surface area contributed by atoms with Gasteiger partial charge in [0, 0.05) is 12.8 Å². The topological polar surface area (TPSA) is 55.4 Å². The molecule has 1 aliphatic rings. The molecular weight excluding hydrogens is 230 g/mol. The van der Waals surface area contributed by atoms with Crippen LogP contribution in [0, 0.1) is 5.41 Å². The molecule has 1 N–H and O–H groups in total. The SMILES string of the molecule is C=CCONC(CC)=C1C(=O)CC(C)(C)CC1=O. The van der Waals surface area contributed by atoms with Crippen LogP contribution in [0.1, 0.15) is 40.0 Å². The van der Waals surface area contributed by atoms with E-state index in [9.17, 15) is 9.59 Å². The van der Waals surface area contributed by atoms with Crippen molar-refractivity contribution in [3.63, 3.8) is 0 Å². The lowest BCUT2D eigenvalue weighted by molar-refractivity contribution is -0.127. The van der Waals surface area contributed by atoms with E-state index in [1.54, 1.807) is 6.08 Å². The number of ketones is 2. The molecule has 0 aliphatic heterocycles. The highest BCUT2D eigenvalue weighted by Gasteiger charge is 2.37. The first-order valence-corrected chi connectivity index (χ1v) is 6.19. The molecule has 100 valence electrons. The molecule has 0 bridgehead atoms. The normalized spacial score (nSPS) is 18.7. The smallest absolute Gasteiger partial charge is 0.168 e. The van der Waals surface area contributed by atoms with Crippen molar-refractivity contribution < 1.29 is 14.4 Å². The van der Waals surface area contributed by atoms with E-state index in [0.717, 1.165) is 0 Å².